The van der Waals surface area contributed by atoms with Gasteiger partial charge in [-0.2, -0.15) is 0 Å². The highest BCUT2D eigenvalue weighted by atomic mass is 79.9. The Labute approximate surface area is 109 Å². The van der Waals surface area contributed by atoms with E-state index in [-0.39, 0.29) is 6.29 Å². The number of aldehydes is 1. The average Bonchev–Trinajstić information content (AvgIpc) is 2.66. The molecule has 0 saturated carbocycles. The summed E-state index contributed by atoms with van der Waals surface area (Å²) in [5.41, 5.74) is 0. The molecular weight excluding hydrogens is 292 g/mol. The first-order chi connectivity index (χ1) is 7.63. The Bertz CT molecular complexity index is 283. The van der Waals surface area contributed by atoms with Gasteiger partial charge < -0.3 is 9.47 Å². The van der Waals surface area contributed by atoms with Crippen molar-refractivity contribution in [2.75, 3.05) is 13.2 Å². The van der Waals surface area contributed by atoms with Gasteiger partial charge in [0, 0.05) is 13.2 Å². The van der Waals surface area contributed by atoms with Crippen LogP contribution in [0.4, 0.5) is 0 Å². The molecule has 1 aromatic heterocycles. The van der Waals surface area contributed by atoms with E-state index in [0.29, 0.717) is 0 Å². The fraction of sp³-hybridized carbons (Fsp3) is 0.545. The second-order valence-corrected chi connectivity index (χ2v) is 5.23. The molecule has 5 heteroatoms. The Balaban J connectivity index is 0.000000281. The molecular formula is C11H17BrO3S. The van der Waals surface area contributed by atoms with E-state index in [9.17, 15) is 4.79 Å². The van der Waals surface area contributed by atoms with Crippen molar-refractivity contribution in [3.05, 3.63) is 20.8 Å². The third kappa shape index (κ3) is 7.98. The minimum absolute atomic E-state index is 0.0370. The molecule has 0 aromatic carbocycles. The van der Waals surface area contributed by atoms with Gasteiger partial charge >= 0.3 is 0 Å². The SMILES string of the molecule is CCOC(C)OCC.O=Cc1ccc(Br)s1. The molecule has 0 bridgehead atoms. The number of hydrogen-bond acceptors (Lipinski definition) is 4. The zero-order chi connectivity index (χ0) is 12.4. The van der Waals surface area contributed by atoms with Gasteiger partial charge in [-0.05, 0) is 48.8 Å². The number of rotatable bonds is 5. The lowest BCUT2D eigenvalue weighted by atomic mass is 10.5. The number of ether oxygens (including phenoxy) is 2. The molecule has 0 radical (unpaired) electrons. The van der Waals surface area contributed by atoms with Gasteiger partial charge in [0.05, 0.1) is 8.66 Å². The molecule has 0 aliphatic carbocycles. The van der Waals surface area contributed by atoms with E-state index in [4.69, 9.17) is 9.47 Å². The normalized spacial score (nSPS) is 9.81. The van der Waals surface area contributed by atoms with Crippen LogP contribution in [0.1, 0.15) is 30.4 Å². The van der Waals surface area contributed by atoms with E-state index in [2.05, 4.69) is 15.9 Å². The summed E-state index contributed by atoms with van der Waals surface area (Å²) in [5, 5.41) is 0. The monoisotopic (exact) mass is 308 g/mol. The number of hydrogen-bond donors (Lipinski definition) is 0. The van der Waals surface area contributed by atoms with Crippen LogP contribution in [0, 0.1) is 0 Å². The Hall–Kier alpha value is -0.230. The molecule has 0 amide bonds. The third-order valence-electron chi connectivity index (χ3n) is 1.51. The van der Waals surface area contributed by atoms with Crippen molar-refractivity contribution in [2.24, 2.45) is 0 Å². The predicted molar refractivity (Wildman–Crippen MR) is 70.1 cm³/mol. The van der Waals surface area contributed by atoms with Crippen LogP contribution in [0.2, 0.25) is 0 Å². The maximum atomic E-state index is 10.0. The van der Waals surface area contributed by atoms with Gasteiger partial charge in [-0.15, -0.1) is 11.3 Å². The van der Waals surface area contributed by atoms with Crippen LogP contribution < -0.4 is 0 Å². The van der Waals surface area contributed by atoms with Gasteiger partial charge in [0.25, 0.3) is 0 Å². The van der Waals surface area contributed by atoms with Crippen molar-refractivity contribution < 1.29 is 14.3 Å². The van der Waals surface area contributed by atoms with Crippen LogP contribution >= 0.6 is 27.3 Å². The molecule has 16 heavy (non-hydrogen) atoms. The van der Waals surface area contributed by atoms with Gasteiger partial charge in [-0.25, -0.2) is 0 Å². The zero-order valence-corrected chi connectivity index (χ0v) is 12.1. The van der Waals surface area contributed by atoms with Gasteiger partial charge in [0.15, 0.2) is 12.6 Å². The molecule has 0 N–H and O–H groups in total. The summed E-state index contributed by atoms with van der Waals surface area (Å²) >= 11 is 4.67. The minimum Gasteiger partial charge on any atom is -0.353 e. The highest BCUT2D eigenvalue weighted by Gasteiger charge is 1.94. The standard InChI is InChI=1S/C6H14O2.C5H3BrOS/c1-4-7-6(3)8-5-2;6-5-2-1-4(3-7)8-5/h6H,4-5H2,1-3H3;1-3H. The van der Waals surface area contributed by atoms with Crippen LogP contribution in [0.15, 0.2) is 15.9 Å². The zero-order valence-electron chi connectivity index (χ0n) is 9.73. The van der Waals surface area contributed by atoms with E-state index in [1.54, 1.807) is 6.07 Å². The van der Waals surface area contributed by atoms with E-state index in [0.717, 1.165) is 28.2 Å². The van der Waals surface area contributed by atoms with Gasteiger partial charge in [0.2, 0.25) is 0 Å². The van der Waals surface area contributed by atoms with Crippen molar-refractivity contribution in [1.29, 1.82) is 0 Å². The molecule has 0 spiro atoms. The van der Waals surface area contributed by atoms with Crippen molar-refractivity contribution >= 4 is 33.6 Å². The molecule has 0 atom stereocenters. The summed E-state index contributed by atoms with van der Waals surface area (Å²) < 4.78 is 11.1. The first-order valence-electron chi connectivity index (χ1n) is 5.07. The Morgan fingerprint density at radius 3 is 2.19 bits per heavy atom. The van der Waals surface area contributed by atoms with Crippen LogP contribution in [0.25, 0.3) is 0 Å². The first kappa shape index (κ1) is 15.8. The topological polar surface area (TPSA) is 35.5 Å². The van der Waals surface area contributed by atoms with Gasteiger partial charge in [0.1, 0.15) is 0 Å². The smallest absolute Gasteiger partial charge is 0.160 e. The first-order valence-corrected chi connectivity index (χ1v) is 6.68. The Morgan fingerprint density at radius 2 is 1.94 bits per heavy atom. The molecule has 0 fully saturated rings. The second kappa shape index (κ2) is 9.96. The second-order valence-electron chi connectivity index (χ2n) is 2.74. The highest BCUT2D eigenvalue weighted by molar-refractivity contribution is 9.11. The number of thiophene rings is 1. The third-order valence-corrected chi connectivity index (χ3v) is 3.06. The number of carbonyl (C=O) groups is 1. The lowest BCUT2D eigenvalue weighted by Gasteiger charge is -2.09. The largest absolute Gasteiger partial charge is 0.353 e. The molecule has 1 heterocycles. The Morgan fingerprint density at radius 1 is 1.38 bits per heavy atom. The van der Waals surface area contributed by atoms with Crippen molar-refractivity contribution in [3.63, 3.8) is 0 Å². The summed E-state index contributed by atoms with van der Waals surface area (Å²) in [7, 11) is 0. The number of carbonyl (C=O) groups excluding carboxylic acids is 1. The van der Waals surface area contributed by atoms with Crippen molar-refractivity contribution in [1.82, 2.24) is 0 Å². The van der Waals surface area contributed by atoms with E-state index >= 15 is 0 Å². The van der Waals surface area contributed by atoms with E-state index < -0.39 is 0 Å². The minimum atomic E-state index is -0.0370. The molecule has 0 unspecified atom stereocenters. The summed E-state index contributed by atoms with van der Waals surface area (Å²) in [6, 6.07) is 3.64. The molecule has 0 saturated heterocycles. The summed E-state index contributed by atoms with van der Waals surface area (Å²) in [6.45, 7) is 7.25. The fourth-order valence-corrected chi connectivity index (χ4v) is 2.15. The fourth-order valence-electron chi connectivity index (χ4n) is 0.909. The van der Waals surface area contributed by atoms with Gasteiger partial charge in [-0.3, -0.25) is 4.79 Å². The van der Waals surface area contributed by atoms with E-state index in [1.165, 1.54) is 11.3 Å². The lowest BCUT2D eigenvalue weighted by molar-refractivity contribution is -0.123. The Kier molecular flexibility index (Phi) is 9.82. The molecule has 0 aliphatic heterocycles. The average molecular weight is 309 g/mol. The highest BCUT2D eigenvalue weighted by Crippen LogP contribution is 2.19. The quantitative estimate of drug-likeness (QED) is 0.614. The molecule has 1 rings (SSSR count). The van der Waals surface area contributed by atoms with Crippen molar-refractivity contribution in [2.45, 2.75) is 27.1 Å². The predicted octanol–water partition coefficient (Wildman–Crippen LogP) is 3.73. The van der Waals surface area contributed by atoms with Gasteiger partial charge in [-0.1, -0.05) is 0 Å². The lowest BCUT2D eigenvalue weighted by Crippen LogP contribution is -2.11. The summed E-state index contributed by atoms with van der Waals surface area (Å²) in [4.78, 5) is 10.8. The molecule has 3 nitrogen and oxygen atoms in total. The number of halogens is 1. The van der Waals surface area contributed by atoms with Crippen LogP contribution in [0.5, 0.6) is 0 Å². The maximum Gasteiger partial charge on any atom is 0.160 e. The molecule has 0 aliphatic rings. The maximum absolute atomic E-state index is 10.0. The molecule has 1 aromatic rings. The summed E-state index contributed by atoms with van der Waals surface area (Å²) in [5.74, 6) is 0. The van der Waals surface area contributed by atoms with Crippen molar-refractivity contribution in [3.8, 4) is 0 Å². The van der Waals surface area contributed by atoms with E-state index in [1.807, 2.05) is 26.8 Å². The summed E-state index contributed by atoms with van der Waals surface area (Å²) in [6.07, 6.45) is 0.806. The van der Waals surface area contributed by atoms with Crippen LogP contribution in [0.3, 0.4) is 0 Å². The van der Waals surface area contributed by atoms with Crippen LogP contribution in [-0.4, -0.2) is 25.8 Å². The molecule has 92 valence electrons. The van der Waals surface area contributed by atoms with Crippen LogP contribution in [-0.2, 0) is 9.47 Å².